The number of nitrogens with zero attached hydrogens (tertiary/aromatic N) is 1. The third-order valence-electron chi connectivity index (χ3n) is 3.62. The van der Waals surface area contributed by atoms with E-state index in [0.717, 1.165) is 10.6 Å². The van der Waals surface area contributed by atoms with E-state index in [1.54, 1.807) is 36.4 Å². The minimum Gasteiger partial charge on any atom is -0.326 e. The van der Waals surface area contributed by atoms with Gasteiger partial charge in [-0.25, -0.2) is 8.42 Å². The maximum atomic E-state index is 12.6. The second kappa shape index (κ2) is 8.41. The van der Waals surface area contributed by atoms with Crippen LogP contribution in [0.1, 0.15) is 13.8 Å². The molecule has 144 valence electrons. The van der Waals surface area contributed by atoms with Crippen molar-refractivity contribution in [2.24, 2.45) is 0 Å². The van der Waals surface area contributed by atoms with E-state index >= 15 is 0 Å². The summed E-state index contributed by atoms with van der Waals surface area (Å²) in [5.74, 6) is -0.756. The predicted octanol–water partition coefficient (Wildman–Crippen LogP) is 3.09. The molecule has 0 bridgehead atoms. The van der Waals surface area contributed by atoms with Crippen molar-refractivity contribution in [1.29, 1.82) is 0 Å². The van der Waals surface area contributed by atoms with E-state index < -0.39 is 22.0 Å². The molecule has 2 N–H and O–H groups in total. The zero-order valence-electron chi connectivity index (χ0n) is 15.1. The number of hydrogen-bond donors (Lipinski definition) is 2. The second-order valence-corrected chi connectivity index (χ2v) is 8.26. The number of carbonyl (C=O) groups excluding carboxylic acids is 2. The lowest BCUT2D eigenvalue weighted by Crippen LogP contribution is -2.45. The fraction of sp³-hybridized carbons (Fsp3) is 0.222. The third kappa shape index (κ3) is 5.70. The van der Waals surface area contributed by atoms with Crippen molar-refractivity contribution >= 4 is 50.5 Å². The largest absolute Gasteiger partial charge is 0.326 e. The van der Waals surface area contributed by atoms with E-state index in [1.807, 2.05) is 0 Å². The highest BCUT2D eigenvalue weighted by atomic mass is 35.5. The molecule has 0 aliphatic rings. The van der Waals surface area contributed by atoms with Crippen molar-refractivity contribution in [2.45, 2.75) is 19.9 Å². The average Bonchev–Trinajstić information content (AvgIpc) is 2.55. The molecule has 0 radical (unpaired) electrons. The molecule has 27 heavy (non-hydrogen) atoms. The molecule has 0 aliphatic heterocycles. The molecule has 0 spiro atoms. The molecule has 2 amide bonds. The zero-order valence-corrected chi connectivity index (χ0v) is 16.6. The fourth-order valence-corrected chi connectivity index (χ4v) is 3.82. The van der Waals surface area contributed by atoms with Crippen molar-refractivity contribution in [3.05, 3.63) is 53.6 Å². The van der Waals surface area contributed by atoms with Crippen LogP contribution in [-0.2, 0) is 19.6 Å². The van der Waals surface area contributed by atoms with Gasteiger partial charge < -0.3 is 10.6 Å². The molecule has 0 saturated heterocycles. The van der Waals surface area contributed by atoms with E-state index in [2.05, 4.69) is 10.6 Å². The molecule has 2 aromatic carbocycles. The van der Waals surface area contributed by atoms with Crippen LogP contribution in [-0.4, -0.2) is 32.5 Å². The van der Waals surface area contributed by atoms with Crippen molar-refractivity contribution in [3.63, 3.8) is 0 Å². The van der Waals surface area contributed by atoms with Gasteiger partial charge in [0.25, 0.3) is 0 Å². The lowest BCUT2D eigenvalue weighted by atomic mass is 10.2. The van der Waals surface area contributed by atoms with E-state index in [9.17, 15) is 18.0 Å². The summed E-state index contributed by atoms with van der Waals surface area (Å²) in [6.07, 6.45) is 1.03. The Morgan fingerprint density at radius 1 is 1.04 bits per heavy atom. The van der Waals surface area contributed by atoms with E-state index in [1.165, 1.54) is 26.0 Å². The van der Waals surface area contributed by atoms with Gasteiger partial charge in [0.2, 0.25) is 21.8 Å². The summed E-state index contributed by atoms with van der Waals surface area (Å²) in [7, 11) is -3.72. The number of rotatable bonds is 6. The van der Waals surface area contributed by atoms with Gasteiger partial charge in [-0.3, -0.25) is 13.9 Å². The summed E-state index contributed by atoms with van der Waals surface area (Å²) in [6, 6.07) is 11.7. The quantitative estimate of drug-likeness (QED) is 0.766. The lowest BCUT2D eigenvalue weighted by molar-refractivity contribution is -0.117. The van der Waals surface area contributed by atoms with E-state index in [4.69, 9.17) is 11.6 Å². The minimum atomic E-state index is -3.72. The highest BCUT2D eigenvalue weighted by molar-refractivity contribution is 7.92. The molecule has 0 aromatic heterocycles. The molecule has 0 saturated carbocycles. The number of nitrogens with one attached hydrogen (secondary N) is 2. The maximum absolute atomic E-state index is 12.6. The summed E-state index contributed by atoms with van der Waals surface area (Å²) in [5, 5.41) is 5.74. The van der Waals surface area contributed by atoms with Crippen molar-refractivity contribution < 1.29 is 18.0 Å². The van der Waals surface area contributed by atoms with Gasteiger partial charge in [0, 0.05) is 23.3 Å². The first-order valence-electron chi connectivity index (χ1n) is 8.01. The number of amides is 2. The molecule has 2 aromatic rings. The summed E-state index contributed by atoms with van der Waals surface area (Å²) in [6.45, 7) is 2.87. The Labute approximate surface area is 163 Å². The maximum Gasteiger partial charge on any atom is 0.247 e. The van der Waals surface area contributed by atoms with Gasteiger partial charge in [0.15, 0.2) is 0 Å². The van der Waals surface area contributed by atoms with Crippen LogP contribution in [0.3, 0.4) is 0 Å². The van der Waals surface area contributed by atoms with Gasteiger partial charge in [0.1, 0.15) is 6.04 Å². The van der Waals surface area contributed by atoms with Crippen LogP contribution in [0.2, 0.25) is 5.02 Å². The van der Waals surface area contributed by atoms with Crippen LogP contribution in [0.25, 0.3) is 0 Å². The van der Waals surface area contributed by atoms with Gasteiger partial charge in [-0.15, -0.1) is 0 Å². The van der Waals surface area contributed by atoms with Crippen LogP contribution in [0.5, 0.6) is 0 Å². The third-order valence-corrected chi connectivity index (χ3v) is 5.11. The number of hydrogen-bond acceptors (Lipinski definition) is 4. The number of benzene rings is 2. The molecule has 2 rings (SSSR count). The highest BCUT2D eigenvalue weighted by Crippen LogP contribution is 2.24. The van der Waals surface area contributed by atoms with Crippen molar-refractivity contribution in [2.75, 3.05) is 21.2 Å². The first-order chi connectivity index (χ1) is 12.6. The van der Waals surface area contributed by atoms with Crippen LogP contribution in [0.15, 0.2) is 48.5 Å². The molecule has 9 heteroatoms. The normalized spacial score (nSPS) is 12.1. The average molecular weight is 410 g/mol. The molecular weight excluding hydrogens is 390 g/mol. The molecule has 0 aliphatic carbocycles. The first-order valence-corrected chi connectivity index (χ1v) is 10.2. The van der Waals surface area contributed by atoms with Crippen LogP contribution in [0, 0.1) is 0 Å². The first kappa shape index (κ1) is 20.7. The van der Waals surface area contributed by atoms with Crippen LogP contribution >= 0.6 is 11.6 Å². The lowest BCUT2D eigenvalue weighted by Gasteiger charge is -2.28. The number of sulfonamides is 1. The Morgan fingerprint density at radius 2 is 1.59 bits per heavy atom. The Hall–Kier alpha value is -2.58. The Morgan fingerprint density at radius 3 is 2.11 bits per heavy atom. The number of anilines is 3. The van der Waals surface area contributed by atoms with Crippen LogP contribution < -0.4 is 14.9 Å². The molecule has 1 atom stereocenters. The summed E-state index contributed by atoms with van der Waals surface area (Å²) in [4.78, 5) is 23.8. The Balaban J connectivity index is 2.25. The van der Waals surface area contributed by atoms with Gasteiger partial charge in [0.05, 0.1) is 11.9 Å². The van der Waals surface area contributed by atoms with E-state index in [-0.39, 0.29) is 5.91 Å². The molecular formula is C18H20ClN3O4S. The molecule has 0 fully saturated rings. The zero-order chi connectivity index (χ0) is 20.2. The second-order valence-electron chi connectivity index (χ2n) is 5.96. The Kier molecular flexibility index (Phi) is 6.45. The topological polar surface area (TPSA) is 95.6 Å². The van der Waals surface area contributed by atoms with Gasteiger partial charge >= 0.3 is 0 Å². The fourth-order valence-electron chi connectivity index (χ4n) is 2.52. The van der Waals surface area contributed by atoms with Gasteiger partial charge in [-0.1, -0.05) is 17.7 Å². The van der Waals surface area contributed by atoms with Gasteiger partial charge in [-0.2, -0.15) is 0 Å². The summed E-state index contributed by atoms with van der Waals surface area (Å²) in [5.41, 5.74) is 1.28. The summed E-state index contributed by atoms with van der Waals surface area (Å²) >= 11 is 5.85. The predicted molar refractivity (Wildman–Crippen MR) is 108 cm³/mol. The molecule has 1 unspecified atom stereocenters. The number of halogens is 1. The van der Waals surface area contributed by atoms with E-state index in [0.29, 0.717) is 22.1 Å². The SMILES string of the molecule is CC(=O)Nc1cccc(NC(=O)C(C)N(c2ccc(Cl)cc2)S(C)(=O)=O)c1. The smallest absolute Gasteiger partial charge is 0.247 e. The highest BCUT2D eigenvalue weighted by Gasteiger charge is 2.29. The van der Waals surface area contributed by atoms with Crippen molar-refractivity contribution in [1.82, 2.24) is 0 Å². The summed E-state index contributed by atoms with van der Waals surface area (Å²) < 4.78 is 25.5. The number of carbonyl (C=O) groups is 2. The Bertz CT molecular complexity index is 945. The van der Waals surface area contributed by atoms with Gasteiger partial charge in [-0.05, 0) is 49.4 Å². The standard InChI is InChI=1S/C18H20ClN3O4S/c1-12(22(27(3,25)26)17-9-7-14(19)8-10-17)18(24)21-16-6-4-5-15(11-16)20-13(2)23/h4-12H,1-3H3,(H,20,23)(H,21,24). The van der Waals surface area contributed by atoms with Crippen LogP contribution in [0.4, 0.5) is 17.1 Å². The molecule has 0 heterocycles. The monoisotopic (exact) mass is 409 g/mol. The minimum absolute atomic E-state index is 0.238. The van der Waals surface area contributed by atoms with Crippen molar-refractivity contribution in [3.8, 4) is 0 Å². The molecule has 7 nitrogen and oxygen atoms in total.